The molecule has 7 atom stereocenters. The maximum Gasteiger partial charge on any atom is 0.472 e. The van der Waals surface area contributed by atoms with Gasteiger partial charge < -0.3 is 33.8 Å². The highest BCUT2D eigenvalue weighted by Gasteiger charge is 2.30. The van der Waals surface area contributed by atoms with Crippen molar-refractivity contribution in [2.24, 2.45) is 23.7 Å². The molecule has 90 heavy (non-hydrogen) atoms. The Bertz CT molecular complexity index is 1790. The molecule has 0 amide bonds. The maximum atomic E-state index is 13.0. The van der Waals surface area contributed by atoms with Crippen molar-refractivity contribution >= 4 is 39.5 Å². The molecular formula is C71H138O17P2. The van der Waals surface area contributed by atoms with Crippen molar-refractivity contribution < 1.29 is 80.2 Å². The monoisotopic (exact) mass is 1320 g/mol. The molecule has 0 aromatic carbocycles. The lowest BCUT2D eigenvalue weighted by Gasteiger charge is -2.21. The van der Waals surface area contributed by atoms with E-state index in [0.717, 1.165) is 120 Å². The van der Waals surface area contributed by atoms with Gasteiger partial charge in [0.2, 0.25) is 0 Å². The van der Waals surface area contributed by atoms with Gasteiger partial charge in [-0.1, -0.05) is 299 Å². The summed E-state index contributed by atoms with van der Waals surface area (Å²) in [4.78, 5) is 72.5. The minimum atomic E-state index is -4.95. The van der Waals surface area contributed by atoms with Crippen molar-refractivity contribution in [1.82, 2.24) is 0 Å². The fourth-order valence-corrected chi connectivity index (χ4v) is 12.2. The van der Waals surface area contributed by atoms with Crippen molar-refractivity contribution in [3.05, 3.63) is 0 Å². The molecule has 0 bridgehead atoms. The van der Waals surface area contributed by atoms with Crippen LogP contribution in [0.3, 0.4) is 0 Å². The summed E-state index contributed by atoms with van der Waals surface area (Å²) < 4.78 is 68.3. The number of unbranched alkanes of at least 4 members (excludes halogenated alkanes) is 32. The van der Waals surface area contributed by atoms with E-state index in [4.69, 9.17) is 37.0 Å². The topological polar surface area (TPSA) is 237 Å². The number of carbonyl (C=O) groups is 4. The first-order valence-corrected chi connectivity index (χ1v) is 39.8. The molecule has 17 nitrogen and oxygen atoms in total. The van der Waals surface area contributed by atoms with Crippen LogP contribution in [0.2, 0.25) is 0 Å². The van der Waals surface area contributed by atoms with Crippen LogP contribution in [0.15, 0.2) is 0 Å². The molecule has 0 aromatic heterocycles. The van der Waals surface area contributed by atoms with E-state index >= 15 is 0 Å². The van der Waals surface area contributed by atoms with Crippen LogP contribution in [0, 0.1) is 23.7 Å². The molecule has 5 unspecified atom stereocenters. The Morgan fingerprint density at radius 1 is 0.311 bits per heavy atom. The minimum absolute atomic E-state index is 0.104. The predicted molar refractivity (Wildman–Crippen MR) is 363 cm³/mol. The van der Waals surface area contributed by atoms with Gasteiger partial charge in [-0.15, -0.1) is 0 Å². The maximum absolute atomic E-state index is 13.0. The molecule has 0 radical (unpaired) electrons. The van der Waals surface area contributed by atoms with E-state index in [1.165, 1.54) is 141 Å². The summed E-state index contributed by atoms with van der Waals surface area (Å²) in [5.41, 5.74) is 0. The first kappa shape index (κ1) is 88.1. The summed E-state index contributed by atoms with van der Waals surface area (Å²) >= 11 is 0. The summed E-state index contributed by atoms with van der Waals surface area (Å²) in [6.45, 7) is 14.1. The van der Waals surface area contributed by atoms with Gasteiger partial charge in [-0.3, -0.25) is 37.3 Å². The third kappa shape index (κ3) is 62.2. The molecule has 0 spiro atoms. The molecule has 19 heteroatoms. The highest BCUT2D eigenvalue weighted by Crippen LogP contribution is 2.45. The average molecular weight is 1330 g/mol. The molecule has 0 fully saturated rings. The highest BCUT2D eigenvalue weighted by atomic mass is 31.2. The van der Waals surface area contributed by atoms with Gasteiger partial charge >= 0.3 is 39.5 Å². The van der Waals surface area contributed by atoms with Crippen molar-refractivity contribution in [2.75, 3.05) is 39.6 Å². The van der Waals surface area contributed by atoms with Gasteiger partial charge in [0.05, 0.1) is 26.4 Å². The van der Waals surface area contributed by atoms with Gasteiger partial charge in [-0.2, -0.15) is 0 Å². The number of carbonyl (C=O) groups excluding carboxylic acids is 4. The molecule has 534 valence electrons. The van der Waals surface area contributed by atoms with Crippen LogP contribution in [-0.2, 0) is 65.4 Å². The van der Waals surface area contributed by atoms with Crippen LogP contribution in [0.1, 0.15) is 351 Å². The number of aliphatic hydroxyl groups is 1. The summed E-state index contributed by atoms with van der Waals surface area (Å²) in [7, 11) is -9.90. The molecule has 3 N–H and O–H groups in total. The zero-order valence-electron chi connectivity index (χ0n) is 58.8. The Morgan fingerprint density at radius 2 is 0.533 bits per heavy atom. The number of hydrogen-bond acceptors (Lipinski definition) is 15. The minimum Gasteiger partial charge on any atom is -0.462 e. The second-order valence-electron chi connectivity index (χ2n) is 27.1. The quantitative estimate of drug-likeness (QED) is 0.0222. The number of phosphoric acid groups is 2. The molecule has 0 rings (SSSR count). The van der Waals surface area contributed by atoms with Gasteiger partial charge in [0.15, 0.2) is 12.2 Å². The number of hydrogen-bond donors (Lipinski definition) is 3. The van der Waals surface area contributed by atoms with E-state index in [1.54, 1.807) is 0 Å². The molecule has 0 heterocycles. The van der Waals surface area contributed by atoms with Crippen LogP contribution in [0.5, 0.6) is 0 Å². The molecule has 0 aliphatic rings. The number of ether oxygens (including phenoxy) is 4. The molecular weight excluding hydrogens is 1190 g/mol. The molecule has 0 aromatic rings. The van der Waals surface area contributed by atoms with Crippen LogP contribution in [-0.4, -0.2) is 96.7 Å². The van der Waals surface area contributed by atoms with Crippen molar-refractivity contribution in [3.8, 4) is 0 Å². The Hall–Kier alpha value is -1.94. The summed E-state index contributed by atoms with van der Waals surface area (Å²) in [6, 6.07) is 0. The SMILES string of the molecule is CCC(C)CCCCCCCCCCCCCCCCC(=O)O[C@H](COC(=O)CCCCCCCCCC(C)C)COP(=O)(O)OCC(O)COP(=O)(O)OC[C@@H](COC(=O)CCCCCCCCC(C)CC)OC(=O)CCCCCCCCCCCC(C)C. The summed E-state index contributed by atoms with van der Waals surface area (Å²) in [6.07, 6.45) is 43.1. The second-order valence-corrected chi connectivity index (χ2v) is 30.0. The standard InChI is InChI=1S/C71H138O17P2/c1-9-63(7)49-41-33-25-19-15-13-11-12-14-16-20-26-37-45-53-70(75)87-66(57-81-68(73)51-43-35-28-22-24-32-40-48-62(5)6)59-85-89(77,78)83-55-65(72)56-84-90(79,80)86-60-67(58-82-69(74)52-44-36-30-29-34-42-50-64(8)10-2)88-71(76)54-46-38-27-21-17-18-23-31-39-47-61(3)4/h61-67,72H,9-60H2,1-8H3,(H,77,78)(H,79,80)/t63?,64?,65?,66-,67-/m1/s1. The van der Waals surface area contributed by atoms with E-state index in [9.17, 15) is 43.2 Å². The smallest absolute Gasteiger partial charge is 0.462 e. The van der Waals surface area contributed by atoms with Crippen LogP contribution in [0.4, 0.5) is 0 Å². The number of phosphoric ester groups is 2. The zero-order chi connectivity index (χ0) is 66.8. The normalized spacial score (nSPS) is 14.9. The summed E-state index contributed by atoms with van der Waals surface area (Å²) in [5.74, 6) is 0.888. The number of esters is 4. The Balaban J connectivity index is 5.23. The zero-order valence-corrected chi connectivity index (χ0v) is 60.6. The van der Waals surface area contributed by atoms with Gasteiger partial charge in [-0.05, 0) is 49.4 Å². The number of rotatable bonds is 68. The summed E-state index contributed by atoms with van der Waals surface area (Å²) in [5, 5.41) is 10.6. The Labute approximate surface area is 549 Å². The van der Waals surface area contributed by atoms with Gasteiger partial charge in [-0.25, -0.2) is 9.13 Å². The van der Waals surface area contributed by atoms with Gasteiger partial charge in [0, 0.05) is 25.7 Å². The lowest BCUT2D eigenvalue weighted by atomic mass is 9.99. The van der Waals surface area contributed by atoms with E-state index < -0.39 is 97.5 Å². The molecule has 0 saturated heterocycles. The van der Waals surface area contributed by atoms with Crippen molar-refractivity contribution in [2.45, 2.75) is 369 Å². The van der Waals surface area contributed by atoms with E-state index in [0.29, 0.717) is 31.6 Å². The lowest BCUT2D eigenvalue weighted by molar-refractivity contribution is -0.161. The highest BCUT2D eigenvalue weighted by molar-refractivity contribution is 7.47. The largest absolute Gasteiger partial charge is 0.472 e. The van der Waals surface area contributed by atoms with Gasteiger partial charge in [0.25, 0.3) is 0 Å². The van der Waals surface area contributed by atoms with Gasteiger partial charge in [0.1, 0.15) is 19.3 Å². The molecule has 0 saturated carbocycles. The van der Waals surface area contributed by atoms with Crippen LogP contribution < -0.4 is 0 Å². The third-order valence-electron chi connectivity index (χ3n) is 17.0. The fraction of sp³-hybridized carbons (Fsp3) is 0.944. The Kier molecular flexibility index (Phi) is 59.4. The number of aliphatic hydroxyl groups excluding tert-OH is 1. The Morgan fingerprint density at radius 3 is 0.789 bits per heavy atom. The first-order chi connectivity index (χ1) is 43.2. The average Bonchev–Trinajstić information content (AvgIpc) is 3.42. The second kappa shape index (κ2) is 60.7. The van der Waals surface area contributed by atoms with E-state index in [1.807, 2.05) is 0 Å². The van der Waals surface area contributed by atoms with Crippen molar-refractivity contribution in [3.63, 3.8) is 0 Å². The third-order valence-corrected chi connectivity index (χ3v) is 18.9. The first-order valence-electron chi connectivity index (χ1n) is 36.8. The molecule has 0 aliphatic carbocycles. The lowest BCUT2D eigenvalue weighted by Crippen LogP contribution is -2.30. The predicted octanol–water partition coefficient (Wildman–Crippen LogP) is 20.1. The van der Waals surface area contributed by atoms with Crippen LogP contribution in [0.25, 0.3) is 0 Å². The van der Waals surface area contributed by atoms with Crippen molar-refractivity contribution in [1.29, 1.82) is 0 Å². The fourth-order valence-electron chi connectivity index (χ4n) is 10.6. The van der Waals surface area contributed by atoms with Crippen LogP contribution >= 0.6 is 15.6 Å². The van der Waals surface area contributed by atoms with E-state index in [2.05, 4.69) is 55.4 Å². The molecule has 0 aliphatic heterocycles. The van der Waals surface area contributed by atoms with E-state index in [-0.39, 0.29) is 25.7 Å².